The molecule has 0 bridgehead atoms. The van der Waals surface area contributed by atoms with Crippen molar-refractivity contribution in [1.29, 1.82) is 0 Å². The number of hydrogen-bond acceptors (Lipinski definition) is 5. The molecule has 0 saturated heterocycles. The van der Waals surface area contributed by atoms with Gasteiger partial charge in [-0.25, -0.2) is 0 Å². The quantitative estimate of drug-likeness (QED) is 0.460. The number of fused-ring (bicyclic) bond motifs is 1. The van der Waals surface area contributed by atoms with E-state index in [9.17, 15) is 4.79 Å². The van der Waals surface area contributed by atoms with Crippen molar-refractivity contribution in [3.05, 3.63) is 72.3 Å². The van der Waals surface area contributed by atoms with Crippen molar-refractivity contribution >= 4 is 34.1 Å². The van der Waals surface area contributed by atoms with E-state index in [2.05, 4.69) is 22.4 Å². The van der Waals surface area contributed by atoms with Crippen LogP contribution >= 0.6 is 11.8 Å². The summed E-state index contributed by atoms with van der Waals surface area (Å²) < 4.78 is 5.78. The van der Waals surface area contributed by atoms with Crippen LogP contribution in [0.4, 0.5) is 5.69 Å². The van der Waals surface area contributed by atoms with Gasteiger partial charge in [-0.15, -0.1) is 10.2 Å². The minimum absolute atomic E-state index is 0.101. The van der Waals surface area contributed by atoms with Crippen LogP contribution in [-0.2, 0) is 11.2 Å². The molecular weight excluding hydrogens is 370 g/mol. The second-order valence-corrected chi connectivity index (χ2v) is 7.17. The maximum absolute atomic E-state index is 12.3. The number of rotatable bonds is 6. The summed E-state index contributed by atoms with van der Waals surface area (Å²) in [6.07, 6.45) is 0.863. The Balaban J connectivity index is 1.44. The number of thioether (sulfide) groups is 1. The van der Waals surface area contributed by atoms with E-state index in [0.29, 0.717) is 11.1 Å². The Kier molecular flexibility index (Phi) is 5.39. The van der Waals surface area contributed by atoms with Gasteiger partial charge in [0.2, 0.25) is 11.8 Å². The SMILES string of the molecule is CCc1ccccc1NC(=O)CSc1nnc(-c2cccc3ccccc23)o1. The lowest BCUT2D eigenvalue weighted by molar-refractivity contribution is -0.113. The molecule has 0 spiro atoms. The molecule has 1 aromatic heterocycles. The third-order valence-corrected chi connectivity index (χ3v) is 5.24. The van der Waals surface area contributed by atoms with Crippen LogP contribution in [0.25, 0.3) is 22.2 Å². The molecule has 1 N–H and O–H groups in total. The Labute approximate surface area is 167 Å². The number of aryl methyl sites for hydroxylation is 1. The second kappa shape index (κ2) is 8.27. The first-order valence-corrected chi connectivity index (χ1v) is 10.1. The molecular formula is C22H19N3O2S. The first kappa shape index (κ1) is 18.3. The van der Waals surface area contributed by atoms with Crippen molar-refractivity contribution in [3.63, 3.8) is 0 Å². The highest BCUT2D eigenvalue weighted by Crippen LogP contribution is 2.29. The topological polar surface area (TPSA) is 68.0 Å². The Morgan fingerprint density at radius 3 is 2.68 bits per heavy atom. The van der Waals surface area contributed by atoms with E-state index in [1.165, 1.54) is 11.8 Å². The zero-order valence-electron chi connectivity index (χ0n) is 15.4. The summed E-state index contributed by atoms with van der Waals surface area (Å²) in [5.41, 5.74) is 2.84. The number of nitrogens with zero attached hydrogens (tertiary/aromatic N) is 2. The number of aromatic nitrogens is 2. The standard InChI is InChI=1S/C22H19N3O2S/c1-2-15-8-4-6-13-19(15)23-20(26)14-28-22-25-24-21(27-22)18-12-7-10-16-9-3-5-11-17(16)18/h3-13H,2,14H2,1H3,(H,23,26). The number of hydrogen-bond donors (Lipinski definition) is 1. The molecule has 0 radical (unpaired) electrons. The lowest BCUT2D eigenvalue weighted by atomic mass is 10.0. The van der Waals surface area contributed by atoms with E-state index in [-0.39, 0.29) is 11.7 Å². The number of carbonyl (C=O) groups is 1. The zero-order chi connectivity index (χ0) is 19.3. The van der Waals surface area contributed by atoms with Gasteiger partial charge in [-0.3, -0.25) is 4.79 Å². The van der Waals surface area contributed by atoms with Crippen molar-refractivity contribution in [2.45, 2.75) is 18.6 Å². The first-order chi connectivity index (χ1) is 13.7. The maximum atomic E-state index is 12.3. The predicted molar refractivity (Wildman–Crippen MR) is 112 cm³/mol. The number of anilines is 1. The van der Waals surface area contributed by atoms with E-state index in [1.54, 1.807) is 0 Å². The Morgan fingerprint density at radius 1 is 1.00 bits per heavy atom. The van der Waals surface area contributed by atoms with Crippen LogP contribution in [0.5, 0.6) is 0 Å². The molecule has 0 aliphatic carbocycles. The third kappa shape index (κ3) is 3.92. The molecule has 140 valence electrons. The molecule has 5 nitrogen and oxygen atoms in total. The van der Waals surface area contributed by atoms with Gasteiger partial charge in [0.1, 0.15) is 0 Å². The summed E-state index contributed by atoms with van der Waals surface area (Å²) in [6.45, 7) is 2.06. The van der Waals surface area contributed by atoms with Crippen LogP contribution in [0.2, 0.25) is 0 Å². The minimum atomic E-state index is -0.101. The molecule has 28 heavy (non-hydrogen) atoms. The molecule has 0 saturated carbocycles. The summed E-state index contributed by atoms with van der Waals surface area (Å²) in [7, 11) is 0. The Hall–Kier alpha value is -3.12. The molecule has 1 heterocycles. The van der Waals surface area contributed by atoms with Crippen molar-refractivity contribution < 1.29 is 9.21 Å². The minimum Gasteiger partial charge on any atom is -0.411 e. The highest BCUT2D eigenvalue weighted by atomic mass is 32.2. The molecule has 0 fully saturated rings. The lowest BCUT2D eigenvalue weighted by Gasteiger charge is -2.08. The number of amides is 1. The van der Waals surface area contributed by atoms with Gasteiger partial charge >= 0.3 is 0 Å². The van der Waals surface area contributed by atoms with Crippen LogP contribution in [-0.4, -0.2) is 21.9 Å². The largest absolute Gasteiger partial charge is 0.411 e. The van der Waals surface area contributed by atoms with Crippen molar-refractivity contribution in [2.24, 2.45) is 0 Å². The number of para-hydroxylation sites is 1. The van der Waals surface area contributed by atoms with Gasteiger partial charge in [0.05, 0.1) is 5.75 Å². The maximum Gasteiger partial charge on any atom is 0.277 e. The highest BCUT2D eigenvalue weighted by molar-refractivity contribution is 7.99. The molecule has 0 aliphatic rings. The van der Waals surface area contributed by atoms with E-state index >= 15 is 0 Å². The van der Waals surface area contributed by atoms with Crippen LogP contribution < -0.4 is 5.32 Å². The fourth-order valence-corrected chi connectivity index (χ4v) is 3.62. The summed E-state index contributed by atoms with van der Waals surface area (Å²) >= 11 is 1.23. The van der Waals surface area contributed by atoms with Gasteiger partial charge < -0.3 is 9.73 Å². The summed E-state index contributed by atoms with van der Waals surface area (Å²) in [6, 6.07) is 21.8. The van der Waals surface area contributed by atoms with E-state index in [4.69, 9.17) is 4.42 Å². The van der Waals surface area contributed by atoms with E-state index in [1.807, 2.05) is 66.7 Å². The number of benzene rings is 3. The molecule has 4 rings (SSSR count). The van der Waals surface area contributed by atoms with Gasteiger partial charge in [-0.2, -0.15) is 0 Å². The summed E-state index contributed by atoms with van der Waals surface area (Å²) in [4.78, 5) is 12.3. The number of nitrogens with one attached hydrogen (secondary N) is 1. The number of carbonyl (C=O) groups excluding carboxylic acids is 1. The van der Waals surface area contributed by atoms with Gasteiger partial charge in [0.25, 0.3) is 5.22 Å². The third-order valence-electron chi connectivity index (χ3n) is 4.43. The van der Waals surface area contributed by atoms with E-state index < -0.39 is 0 Å². The van der Waals surface area contributed by atoms with Crippen LogP contribution in [0.1, 0.15) is 12.5 Å². The Bertz CT molecular complexity index is 1120. The molecule has 6 heteroatoms. The fraction of sp³-hybridized carbons (Fsp3) is 0.136. The average molecular weight is 389 g/mol. The van der Waals surface area contributed by atoms with E-state index in [0.717, 1.165) is 34.0 Å². The molecule has 0 atom stereocenters. The first-order valence-electron chi connectivity index (χ1n) is 9.07. The fourth-order valence-electron chi connectivity index (χ4n) is 3.05. The molecule has 0 unspecified atom stereocenters. The average Bonchev–Trinajstić information content (AvgIpc) is 3.21. The molecule has 4 aromatic rings. The van der Waals surface area contributed by atoms with Gasteiger partial charge in [-0.1, -0.05) is 73.3 Å². The molecule has 1 amide bonds. The molecule has 0 aliphatic heterocycles. The monoisotopic (exact) mass is 389 g/mol. The smallest absolute Gasteiger partial charge is 0.277 e. The lowest BCUT2D eigenvalue weighted by Crippen LogP contribution is -2.15. The van der Waals surface area contributed by atoms with Crippen molar-refractivity contribution in [3.8, 4) is 11.5 Å². The van der Waals surface area contributed by atoms with Gasteiger partial charge in [0.15, 0.2) is 0 Å². The van der Waals surface area contributed by atoms with Crippen LogP contribution in [0.3, 0.4) is 0 Å². The van der Waals surface area contributed by atoms with Crippen LogP contribution in [0, 0.1) is 0 Å². The second-order valence-electron chi connectivity index (χ2n) is 6.25. The van der Waals surface area contributed by atoms with Crippen molar-refractivity contribution in [1.82, 2.24) is 10.2 Å². The zero-order valence-corrected chi connectivity index (χ0v) is 16.2. The summed E-state index contributed by atoms with van der Waals surface area (Å²) in [5.74, 6) is 0.557. The van der Waals surface area contributed by atoms with Gasteiger partial charge in [0, 0.05) is 11.3 Å². The Morgan fingerprint density at radius 2 is 1.79 bits per heavy atom. The predicted octanol–water partition coefficient (Wildman–Crippen LogP) is 5.18. The van der Waals surface area contributed by atoms with Crippen LogP contribution in [0.15, 0.2) is 76.4 Å². The molecule has 3 aromatic carbocycles. The normalized spacial score (nSPS) is 10.9. The van der Waals surface area contributed by atoms with Crippen molar-refractivity contribution in [2.75, 3.05) is 11.1 Å². The van der Waals surface area contributed by atoms with Gasteiger partial charge in [-0.05, 0) is 34.9 Å². The summed E-state index contributed by atoms with van der Waals surface area (Å²) in [5, 5.41) is 13.7. The highest BCUT2D eigenvalue weighted by Gasteiger charge is 2.14.